The molecule has 0 amide bonds. The summed E-state index contributed by atoms with van der Waals surface area (Å²) >= 11 is 1.47. The van der Waals surface area contributed by atoms with Crippen molar-refractivity contribution in [1.29, 1.82) is 0 Å². The number of thiazole rings is 1. The van der Waals surface area contributed by atoms with Crippen LogP contribution in [0.1, 0.15) is 24.8 Å². The zero-order valence-electron chi connectivity index (χ0n) is 24.8. The molecular weight excluding hydrogens is 656 g/mol. The molecule has 2 N–H and O–H groups in total. The number of hydrogen-bond donors (Lipinski definition) is 2. The van der Waals surface area contributed by atoms with Crippen LogP contribution in [0.5, 0.6) is 0 Å². The normalized spacial score (nSPS) is 13.4. The highest BCUT2D eigenvalue weighted by molar-refractivity contribution is 7.92. The summed E-state index contributed by atoms with van der Waals surface area (Å²) in [5.41, 5.74) is 2.65. The molecule has 15 heteroatoms. The van der Waals surface area contributed by atoms with E-state index in [1.165, 1.54) is 17.4 Å². The highest BCUT2D eigenvalue weighted by atomic mass is 35.5. The Balaban J connectivity index is 0.00000417. The molecule has 6 rings (SSSR count). The van der Waals surface area contributed by atoms with Crippen molar-refractivity contribution in [2.45, 2.75) is 24.7 Å². The molecule has 1 fully saturated rings. The first-order chi connectivity index (χ1) is 21.7. The smallest absolute Gasteiger partial charge is 0.267 e. The van der Waals surface area contributed by atoms with E-state index in [2.05, 4.69) is 24.9 Å². The second kappa shape index (κ2) is 14.0. The van der Waals surface area contributed by atoms with Gasteiger partial charge in [-0.2, -0.15) is 0 Å². The molecular formula is C31H30ClF2N7O3S2. The van der Waals surface area contributed by atoms with Crippen LogP contribution in [0.2, 0.25) is 0 Å². The number of anilines is 4. The lowest BCUT2D eigenvalue weighted by Crippen LogP contribution is -2.36. The number of ether oxygens (including phenoxy) is 1. The lowest BCUT2D eigenvalue weighted by molar-refractivity contribution is 0.122. The first-order valence-corrected chi connectivity index (χ1v) is 16.4. The molecule has 1 saturated heterocycles. The Labute approximate surface area is 275 Å². The van der Waals surface area contributed by atoms with Crippen LogP contribution in [0.25, 0.3) is 21.8 Å². The number of nitrogens with zero attached hydrogens (tertiary/aromatic N) is 5. The fourth-order valence-electron chi connectivity index (χ4n) is 4.74. The van der Waals surface area contributed by atoms with Gasteiger partial charge in [-0.1, -0.05) is 32.0 Å². The quantitative estimate of drug-likeness (QED) is 0.171. The van der Waals surface area contributed by atoms with E-state index < -0.39 is 26.6 Å². The van der Waals surface area contributed by atoms with Crippen molar-refractivity contribution < 1.29 is 21.9 Å². The van der Waals surface area contributed by atoms with Crippen LogP contribution >= 0.6 is 23.7 Å². The first kappa shape index (κ1) is 33.1. The summed E-state index contributed by atoms with van der Waals surface area (Å²) in [5.74, 6) is -1.01. The van der Waals surface area contributed by atoms with Crippen molar-refractivity contribution in [2.75, 3.05) is 41.2 Å². The third-order valence-electron chi connectivity index (χ3n) is 6.94. The van der Waals surface area contributed by atoms with Gasteiger partial charge in [-0.25, -0.2) is 37.1 Å². The van der Waals surface area contributed by atoms with Gasteiger partial charge >= 0.3 is 0 Å². The van der Waals surface area contributed by atoms with Crippen molar-refractivity contribution in [2.24, 2.45) is 0 Å². The molecule has 46 heavy (non-hydrogen) atoms. The molecule has 4 heterocycles. The fraction of sp³-hybridized carbons (Fsp3) is 0.226. The molecule has 0 aliphatic carbocycles. The van der Waals surface area contributed by atoms with E-state index in [1.807, 2.05) is 26.0 Å². The lowest BCUT2D eigenvalue weighted by Gasteiger charge is -2.27. The highest BCUT2D eigenvalue weighted by Crippen LogP contribution is 2.39. The van der Waals surface area contributed by atoms with Crippen LogP contribution in [-0.2, 0) is 14.8 Å². The third kappa shape index (κ3) is 7.25. The number of hydrogen-bond acceptors (Lipinski definition) is 10. The molecule has 10 nitrogen and oxygen atoms in total. The highest BCUT2D eigenvalue weighted by Gasteiger charge is 2.25. The maximum Gasteiger partial charge on any atom is 0.267 e. The summed E-state index contributed by atoms with van der Waals surface area (Å²) in [6.45, 7) is 6.99. The number of nitrogens with one attached hydrogen (secondary N) is 2. The minimum absolute atomic E-state index is 0. The molecule has 3 aromatic heterocycles. The van der Waals surface area contributed by atoms with Crippen LogP contribution < -0.4 is 14.9 Å². The van der Waals surface area contributed by atoms with E-state index in [-0.39, 0.29) is 24.0 Å². The number of halogens is 3. The molecule has 1 aliphatic rings. The first-order valence-electron chi connectivity index (χ1n) is 14.1. The standard InChI is InChI=1S/C31H29F2N7O3S2.ClH/c1-19(2)30-38-27(20-5-3-6-21(17-20)39-45(41,42)29-23(32)7-4-8-24(29)33)28(44-30)25-11-12-34-31(37-25)36-22-9-10-26(35-18-22)40-13-15-43-16-14-40;/h3-12,17-19,39H,13-16H2,1-2H3,(H,34,36,37);1H. The Morgan fingerprint density at radius 3 is 2.37 bits per heavy atom. The van der Waals surface area contributed by atoms with Crippen molar-refractivity contribution in [1.82, 2.24) is 19.9 Å². The van der Waals surface area contributed by atoms with Crippen molar-refractivity contribution in [3.05, 3.63) is 89.7 Å². The number of benzene rings is 2. The Morgan fingerprint density at radius 1 is 0.935 bits per heavy atom. The average molecular weight is 686 g/mol. The molecule has 0 unspecified atom stereocenters. The van der Waals surface area contributed by atoms with Gasteiger partial charge in [0.05, 0.1) is 46.4 Å². The minimum Gasteiger partial charge on any atom is -0.378 e. The Kier molecular flexibility index (Phi) is 10.1. The SMILES string of the molecule is CC(C)c1nc(-c2cccc(NS(=O)(=O)c3c(F)cccc3F)c2)c(-c2ccnc(Nc3ccc(N4CCOCC4)nc3)n2)s1.Cl. The summed E-state index contributed by atoms with van der Waals surface area (Å²) in [5, 5.41) is 4.07. The Bertz CT molecular complexity index is 1920. The second-order valence-corrected chi connectivity index (χ2v) is 13.2. The van der Waals surface area contributed by atoms with Crippen LogP contribution in [-0.4, -0.2) is 54.7 Å². The molecule has 0 atom stereocenters. The number of morpholine rings is 1. The van der Waals surface area contributed by atoms with Crippen LogP contribution in [0.4, 0.5) is 31.9 Å². The van der Waals surface area contributed by atoms with Gasteiger partial charge in [0.1, 0.15) is 17.5 Å². The summed E-state index contributed by atoms with van der Waals surface area (Å²) in [7, 11) is -4.55. The van der Waals surface area contributed by atoms with Gasteiger partial charge in [-0.15, -0.1) is 23.7 Å². The van der Waals surface area contributed by atoms with Gasteiger partial charge in [0, 0.05) is 36.5 Å². The van der Waals surface area contributed by atoms with E-state index in [0.717, 1.165) is 52.7 Å². The predicted molar refractivity (Wildman–Crippen MR) is 178 cm³/mol. The van der Waals surface area contributed by atoms with E-state index >= 15 is 0 Å². The van der Waals surface area contributed by atoms with Gasteiger partial charge < -0.3 is 15.0 Å². The van der Waals surface area contributed by atoms with E-state index in [4.69, 9.17) is 14.7 Å². The van der Waals surface area contributed by atoms with Crippen LogP contribution in [0.3, 0.4) is 0 Å². The molecule has 1 aliphatic heterocycles. The number of pyridine rings is 1. The van der Waals surface area contributed by atoms with E-state index in [1.54, 1.807) is 36.7 Å². The molecule has 0 radical (unpaired) electrons. The zero-order valence-corrected chi connectivity index (χ0v) is 27.2. The topological polar surface area (TPSA) is 122 Å². The molecule has 0 spiro atoms. The molecule has 0 saturated carbocycles. The summed E-state index contributed by atoms with van der Waals surface area (Å²) < 4.78 is 62.1. The fourth-order valence-corrected chi connectivity index (χ4v) is 6.99. The van der Waals surface area contributed by atoms with E-state index in [9.17, 15) is 17.2 Å². The predicted octanol–water partition coefficient (Wildman–Crippen LogP) is 6.87. The van der Waals surface area contributed by atoms with E-state index in [0.29, 0.717) is 36.1 Å². The zero-order chi connectivity index (χ0) is 31.6. The maximum atomic E-state index is 14.3. The second-order valence-electron chi connectivity index (χ2n) is 10.5. The summed E-state index contributed by atoms with van der Waals surface area (Å²) in [6, 6.07) is 15.0. The molecule has 0 bridgehead atoms. The van der Waals surface area contributed by atoms with Crippen molar-refractivity contribution >= 4 is 56.9 Å². The average Bonchev–Trinajstić information content (AvgIpc) is 3.48. The Morgan fingerprint density at radius 2 is 1.67 bits per heavy atom. The van der Waals surface area contributed by atoms with Crippen molar-refractivity contribution in [3.8, 4) is 21.8 Å². The number of aromatic nitrogens is 4. The number of sulfonamides is 1. The van der Waals surface area contributed by atoms with Gasteiger partial charge in [-0.05, 0) is 42.5 Å². The minimum atomic E-state index is -4.55. The van der Waals surface area contributed by atoms with Crippen LogP contribution in [0, 0.1) is 11.6 Å². The third-order valence-corrected chi connectivity index (χ3v) is 9.75. The molecule has 2 aromatic carbocycles. The Hall–Kier alpha value is -4.24. The van der Waals surface area contributed by atoms with Gasteiger partial charge in [0.15, 0.2) is 4.90 Å². The summed E-state index contributed by atoms with van der Waals surface area (Å²) in [4.78, 5) is 20.4. The van der Waals surface area contributed by atoms with Crippen LogP contribution in [0.15, 0.2) is 78.0 Å². The monoisotopic (exact) mass is 685 g/mol. The maximum absolute atomic E-state index is 14.3. The van der Waals surface area contributed by atoms with Crippen molar-refractivity contribution in [3.63, 3.8) is 0 Å². The van der Waals surface area contributed by atoms with Gasteiger partial charge in [0.25, 0.3) is 10.0 Å². The number of rotatable bonds is 9. The van der Waals surface area contributed by atoms with Gasteiger partial charge in [0.2, 0.25) is 5.95 Å². The molecule has 5 aromatic rings. The summed E-state index contributed by atoms with van der Waals surface area (Å²) in [6.07, 6.45) is 3.38. The molecule has 240 valence electrons. The lowest BCUT2D eigenvalue weighted by atomic mass is 10.1. The largest absolute Gasteiger partial charge is 0.378 e. The van der Waals surface area contributed by atoms with Gasteiger partial charge in [-0.3, -0.25) is 4.72 Å².